The summed E-state index contributed by atoms with van der Waals surface area (Å²) in [4.78, 5) is 55.7. The Bertz CT molecular complexity index is 2010. The average Bonchev–Trinajstić information content (AvgIpc) is 3.71. The van der Waals surface area contributed by atoms with Crippen LogP contribution in [0.3, 0.4) is 0 Å². The number of rotatable bonds is 8. The van der Waals surface area contributed by atoms with Crippen LogP contribution in [0.2, 0.25) is 0 Å². The Balaban J connectivity index is 0.00000310. The number of benzene rings is 2. The van der Waals surface area contributed by atoms with Crippen LogP contribution in [0.5, 0.6) is 0 Å². The topological polar surface area (TPSA) is 222 Å². The number of nitrogens with one attached hydrogen (secondary N) is 1. The van der Waals surface area contributed by atoms with Crippen molar-refractivity contribution in [2.75, 3.05) is 6.61 Å². The van der Waals surface area contributed by atoms with Gasteiger partial charge in [0.2, 0.25) is 0 Å². The van der Waals surface area contributed by atoms with Gasteiger partial charge in [-0.25, -0.2) is 9.59 Å². The number of amides is 1. The summed E-state index contributed by atoms with van der Waals surface area (Å²) in [6.45, 7) is 5.66. The monoisotopic (exact) mass is 1210 g/mol. The SMILES string of the molecule is CC1=C2C(O)C(=O)[C@]3(C)C(O)CC4OCC4(O)C3C(OC(=O)c3ccccc3)C(O)(CC1OC(=O)C(O)C(NC(=O)c1ccccc1)c1ccco1)C2(C)C.[Ac].[Ac]. The maximum absolute atomic E-state index is 14.7. The summed E-state index contributed by atoms with van der Waals surface area (Å²) in [7, 11) is 0. The van der Waals surface area contributed by atoms with Gasteiger partial charge in [-0.15, -0.1) is 0 Å². The molecule has 1 amide bonds. The molecule has 10 unspecified atom stereocenters. The minimum absolute atomic E-state index is 0. The van der Waals surface area contributed by atoms with Crippen LogP contribution in [0.25, 0.3) is 0 Å². The molecule has 4 aliphatic rings. The molecule has 0 spiro atoms. The quantitative estimate of drug-likeness (QED) is 0.141. The Morgan fingerprint density at radius 3 is 2.07 bits per heavy atom. The van der Waals surface area contributed by atoms with Gasteiger partial charge in [-0.3, -0.25) is 9.59 Å². The second-order valence-electron chi connectivity index (χ2n) is 15.8. The van der Waals surface area contributed by atoms with Crippen molar-refractivity contribution in [3.63, 3.8) is 0 Å². The zero-order valence-corrected chi connectivity index (χ0v) is 41.4. The average molecular weight is 1210 g/mol. The zero-order valence-electron chi connectivity index (χ0n) is 31.9. The van der Waals surface area contributed by atoms with E-state index < -0.39 is 101 Å². The number of aliphatic hydroxyl groups is 5. The Morgan fingerprint density at radius 1 is 0.895 bits per heavy atom. The van der Waals surface area contributed by atoms with Gasteiger partial charge in [-0.2, -0.15) is 0 Å². The molecule has 57 heavy (non-hydrogen) atoms. The first kappa shape index (κ1) is 46.3. The Labute approximate surface area is 400 Å². The molecule has 3 aliphatic carbocycles. The number of Topliss-reactive ketones (excluding diaryl/α,β-unsaturated/α-hetero) is 1. The van der Waals surface area contributed by atoms with E-state index in [1.807, 2.05) is 0 Å². The number of ketones is 1. The van der Waals surface area contributed by atoms with Crippen molar-refractivity contribution >= 4 is 23.6 Å². The van der Waals surface area contributed by atoms with Gasteiger partial charge in [0.15, 0.2) is 11.9 Å². The molecule has 1 aliphatic heterocycles. The summed E-state index contributed by atoms with van der Waals surface area (Å²) >= 11 is 0. The van der Waals surface area contributed by atoms with Gasteiger partial charge < -0.3 is 49.5 Å². The molecule has 2 radical (unpaired) electrons. The fourth-order valence-electron chi connectivity index (χ4n) is 9.31. The van der Waals surface area contributed by atoms with Crippen LogP contribution in [0.1, 0.15) is 73.1 Å². The number of aliphatic hydroxyl groups excluding tert-OH is 3. The standard InChI is InChI=1S/C41H45NO13.2Ac/c1-21-25(54-37(49)31(45)29(24-16-11-17-52-24)42-35(47)22-12-7-5-8-13-22)19-41(51)34(55-36(48)23-14-9-6-10-15-23)32-39(4,26(43)18-27-40(32,50)20-53-27)33(46)30(44)28(21)38(41,2)3;;/h5-17,25-27,29-32,34,43-45,50-51H,18-20H2,1-4H3,(H,42,47);;/t25?,26?,27?,29?,30?,31?,32?,34?,39-,40?,41?;;/m1../s1. The van der Waals surface area contributed by atoms with E-state index in [4.69, 9.17) is 18.6 Å². The fraction of sp³-hybridized carbons (Fsp3) is 0.463. The van der Waals surface area contributed by atoms with Crippen molar-refractivity contribution in [2.24, 2.45) is 16.7 Å². The van der Waals surface area contributed by atoms with Crippen LogP contribution in [-0.2, 0) is 23.8 Å². The van der Waals surface area contributed by atoms with E-state index in [-0.39, 0.29) is 129 Å². The molecule has 16 heteroatoms. The summed E-state index contributed by atoms with van der Waals surface area (Å²) in [5, 5.41) is 63.2. The van der Waals surface area contributed by atoms with Gasteiger partial charge in [0, 0.05) is 118 Å². The van der Waals surface area contributed by atoms with Crippen LogP contribution in [0.15, 0.2) is 94.6 Å². The predicted octanol–water partition coefficient (Wildman–Crippen LogP) is 2.19. The molecular formula is C41H45Ac2NO13. The Kier molecular flexibility index (Phi) is 14.0. The maximum atomic E-state index is 14.7. The maximum Gasteiger partial charge on any atom is 0.338 e. The molecule has 2 aromatic carbocycles. The first-order valence-corrected chi connectivity index (χ1v) is 18.2. The summed E-state index contributed by atoms with van der Waals surface area (Å²) in [5.41, 5.74) is -7.33. The van der Waals surface area contributed by atoms with E-state index in [0.29, 0.717) is 0 Å². The number of carbonyl (C=O) groups excluding carboxylic acids is 4. The van der Waals surface area contributed by atoms with Crippen molar-refractivity contribution in [1.29, 1.82) is 0 Å². The molecule has 1 aromatic heterocycles. The Morgan fingerprint density at radius 2 is 1.51 bits per heavy atom. The Hall–Kier alpha value is -1.82. The molecule has 2 heterocycles. The molecule has 298 valence electrons. The largest absolute Gasteiger partial charge is 0.467 e. The van der Waals surface area contributed by atoms with Crippen molar-refractivity contribution in [3.8, 4) is 0 Å². The number of ether oxygens (including phenoxy) is 3. The molecule has 1 saturated heterocycles. The van der Waals surface area contributed by atoms with E-state index in [0.717, 1.165) is 0 Å². The van der Waals surface area contributed by atoms with Crippen molar-refractivity contribution < 1.29 is 151 Å². The van der Waals surface area contributed by atoms with Crippen molar-refractivity contribution in [2.45, 2.75) is 94.4 Å². The molecule has 7 rings (SSSR count). The molecule has 3 fully saturated rings. The van der Waals surface area contributed by atoms with Crippen LogP contribution < -0.4 is 5.32 Å². The van der Waals surface area contributed by atoms with Gasteiger partial charge in [-0.1, -0.05) is 50.2 Å². The zero-order chi connectivity index (χ0) is 39.7. The van der Waals surface area contributed by atoms with E-state index >= 15 is 0 Å². The summed E-state index contributed by atoms with van der Waals surface area (Å²) in [5.74, 6) is -5.17. The number of hydrogen-bond acceptors (Lipinski definition) is 13. The van der Waals surface area contributed by atoms with Gasteiger partial charge in [-0.05, 0) is 61.4 Å². The van der Waals surface area contributed by atoms with E-state index in [1.165, 1.54) is 44.4 Å². The number of hydrogen-bond donors (Lipinski definition) is 6. The van der Waals surface area contributed by atoms with Crippen LogP contribution in [0, 0.1) is 105 Å². The number of esters is 2. The molecule has 6 N–H and O–H groups in total. The minimum atomic E-state index is -2.31. The predicted molar refractivity (Wildman–Crippen MR) is 191 cm³/mol. The summed E-state index contributed by atoms with van der Waals surface area (Å²) in [6, 6.07) is 17.5. The molecule has 14 nitrogen and oxygen atoms in total. The summed E-state index contributed by atoms with van der Waals surface area (Å²) in [6.07, 6.45) is -9.13. The third-order valence-corrected chi connectivity index (χ3v) is 12.6. The van der Waals surface area contributed by atoms with Crippen LogP contribution >= 0.6 is 0 Å². The smallest absolute Gasteiger partial charge is 0.338 e. The van der Waals surface area contributed by atoms with Gasteiger partial charge in [0.05, 0.1) is 36.1 Å². The third-order valence-electron chi connectivity index (χ3n) is 12.6. The number of fused-ring (bicyclic) bond motifs is 5. The van der Waals surface area contributed by atoms with E-state index in [9.17, 15) is 44.7 Å². The van der Waals surface area contributed by atoms with Gasteiger partial charge >= 0.3 is 11.9 Å². The van der Waals surface area contributed by atoms with Gasteiger partial charge in [0.25, 0.3) is 5.91 Å². The normalized spacial score (nSPS) is 33.5. The first-order chi connectivity index (χ1) is 26.0. The first-order valence-electron chi connectivity index (χ1n) is 18.2. The molecule has 11 atom stereocenters. The molecule has 2 bridgehead atoms. The van der Waals surface area contributed by atoms with Crippen LogP contribution in [-0.4, -0.2) is 104 Å². The molecule has 3 aromatic rings. The van der Waals surface area contributed by atoms with E-state index in [2.05, 4.69) is 5.32 Å². The second-order valence-corrected chi connectivity index (χ2v) is 15.8. The molecular weight excluding hydrogens is 1170 g/mol. The van der Waals surface area contributed by atoms with Crippen molar-refractivity contribution in [3.05, 3.63) is 107 Å². The molecule has 2 saturated carbocycles. The third kappa shape index (κ3) is 7.62. The number of carbonyl (C=O) groups is 4. The minimum Gasteiger partial charge on any atom is -0.467 e. The van der Waals surface area contributed by atoms with E-state index in [1.54, 1.807) is 62.4 Å². The van der Waals surface area contributed by atoms with Crippen LogP contribution in [0.4, 0.5) is 0 Å². The van der Waals surface area contributed by atoms with Gasteiger partial charge in [0.1, 0.15) is 41.3 Å². The number of furan rings is 1. The summed E-state index contributed by atoms with van der Waals surface area (Å²) < 4.78 is 23.2. The second kappa shape index (κ2) is 17.3. The fourth-order valence-corrected chi connectivity index (χ4v) is 9.31. The van der Waals surface area contributed by atoms with Crippen molar-refractivity contribution in [1.82, 2.24) is 5.32 Å².